The van der Waals surface area contributed by atoms with E-state index in [1.165, 1.54) is 4.90 Å². The number of nitrogens with one attached hydrogen (secondary N) is 3. The molecule has 1 saturated heterocycles. The summed E-state index contributed by atoms with van der Waals surface area (Å²) in [7, 11) is 1.60. The molecular formula is C37H40N6O5. The standard InChI is InChI=1S/C37H40N6O5/c1-3-19-38-23-34(45)43-32(21-26-11-15-30(44)16-12-26)36(46)42(25-33(43)41-37(47)40-22-27-8-5-4-6-9-27)24-29-10-7-20-39-35(29)28-13-17-31(48-2)18-14-28/h3-18,20,32-33,38,44H,1,19,21-25H2,2H3,(H2,40,41,47)/t32-,33+/m0/s1. The van der Waals surface area contributed by atoms with Gasteiger partial charge in [0.15, 0.2) is 0 Å². The lowest BCUT2D eigenvalue weighted by Gasteiger charge is -2.46. The van der Waals surface area contributed by atoms with Crippen LogP contribution in [0.25, 0.3) is 11.3 Å². The van der Waals surface area contributed by atoms with Gasteiger partial charge in [-0.1, -0.05) is 54.6 Å². The molecule has 4 amide bonds. The Labute approximate surface area is 280 Å². The van der Waals surface area contributed by atoms with Gasteiger partial charge in [0, 0.05) is 37.8 Å². The molecule has 0 bridgehead atoms. The Morgan fingerprint density at radius 1 is 1.00 bits per heavy atom. The molecule has 3 aromatic carbocycles. The van der Waals surface area contributed by atoms with Gasteiger partial charge in [-0.15, -0.1) is 6.58 Å². The Morgan fingerprint density at radius 3 is 2.46 bits per heavy atom. The number of rotatable bonds is 13. The van der Waals surface area contributed by atoms with Gasteiger partial charge in [0.25, 0.3) is 0 Å². The molecule has 11 nitrogen and oxygen atoms in total. The van der Waals surface area contributed by atoms with Gasteiger partial charge in [-0.2, -0.15) is 0 Å². The molecule has 1 aliphatic rings. The number of aromatic nitrogens is 1. The molecule has 1 fully saturated rings. The number of amides is 4. The van der Waals surface area contributed by atoms with Gasteiger partial charge in [-0.05, 0) is 59.2 Å². The van der Waals surface area contributed by atoms with Gasteiger partial charge in [0.05, 0.1) is 25.9 Å². The fourth-order valence-electron chi connectivity index (χ4n) is 5.71. The van der Waals surface area contributed by atoms with E-state index in [2.05, 4.69) is 27.5 Å². The number of hydrogen-bond donors (Lipinski definition) is 4. The number of phenolic OH excluding ortho intramolecular Hbond substituents is 1. The molecule has 48 heavy (non-hydrogen) atoms. The lowest BCUT2D eigenvalue weighted by atomic mass is 9.98. The van der Waals surface area contributed by atoms with Gasteiger partial charge >= 0.3 is 6.03 Å². The van der Waals surface area contributed by atoms with Crippen LogP contribution in [-0.4, -0.2) is 76.7 Å². The van der Waals surface area contributed by atoms with Crippen molar-refractivity contribution in [3.05, 3.63) is 127 Å². The topological polar surface area (TPSA) is 136 Å². The third-order valence-corrected chi connectivity index (χ3v) is 8.09. The Bertz CT molecular complexity index is 1700. The molecule has 0 radical (unpaired) electrons. The van der Waals surface area contributed by atoms with E-state index in [0.29, 0.717) is 18.0 Å². The first-order valence-corrected chi connectivity index (χ1v) is 15.7. The largest absolute Gasteiger partial charge is 0.508 e. The summed E-state index contributed by atoms with van der Waals surface area (Å²) >= 11 is 0. The minimum absolute atomic E-state index is 0.0494. The molecule has 0 unspecified atom stereocenters. The van der Waals surface area contributed by atoms with Gasteiger partial charge in [-0.3, -0.25) is 14.6 Å². The van der Waals surface area contributed by atoms with E-state index < -0.39 is 18.2 Å². The number of pyridine rings is 1. The van der Waals surface area contributed by atoms with Crippen molar-refractivity contribution in [3.8, 4) is 22.8 Å². The molecule has 0 saturated carbocycles. The molecule has 4 N–H and O–H groups in total. The van der Waals surface area contributed by atoms with Crippen LogP contribution in [-0.2, 0) is 29.1 Å². The Kier molecular flexibility index (Phi) is 11.4. The summed E-state index contributed by atoms with van der Waals surface area (Å²) in [5, 5.41) is 18.8. The summed E-state index contributed by atoms with van der Waals surface area (Å²) in [5.74, 6) is 0.190. The quantitative estimate of drug-likeness (QED) is 0.128. The van der Waals surface area contributed by atoms with E-state index in [0.717, 1.165) is 22.3 Å². The second-order valence-corrected chi connectivity index (χ2v) is 11.4. The summed E-state index contributed by atoms with van der Waals surface area (Å²) in [6.07, 6.45) is 2.67. The predicted octanol–water partition coefficient (Wildman–Crippen LogP) is 3.85. The Hall–Kier alpha value is -5.68. The molecule has 5 rings (SSSR count). The maximum atomic E-state index is 14.4. The van der Waals surface area contributed by atoms with Crippen LogP contribution in [0.15, 0.2) is 110 Å². The summed E-state index contributed by atoms with van der Waals surface area (Å²) in [4.78, 5) is 49.3. The molecule has 1 aliphatic heterocycles. The molecule has 248 valence electrons. The summed E-state index contributed by atoms with van der Waals surface area (Å²) in [5.41, 5.74) is 4.04. The molecule has 1 aromatic heterocycles. The van der Waals surface area contributed by atoms with Crippen molar-refractivity contribution in [1.29, 1.82) is 0 Å². The third-order valence-electron chi connectivity index (χ3n) is 8.09. The predicted molar refractivity (Wildman–Crippen MR) is 183 cm³/mol. The number of benzene rings is 3. The highest BCUT2D eigenvalue weighted by Gasteiger charge is 2.43. The molecule has 2 atom stereocenters. The first-order chi connectivity index (χ1) is 23.4. The molecular weight excluding hydrogens is 608 g/mol. The minimum Gasteiger partial charge on any atom is -0.508 e. The fraction of sp³-hybridized carbons (Fsp3) is 0.243. The van der Waals surface area contributed by atoms with E-state index in [9.17, 15) is 19.5 Å². The maximum absolute atomic E-state index is 14.4. The highest BCUT2D eigenvalue weighted by molar-refractivity contribution is 5.91. The van der Waals surface area contributed by atoms with E-state index in [1.54, 1.807) is 48.5 Å². The highest BCUT2D eigenvalue weighted by atomic mass is 16.5. The fourth-order valence-corrected chi connectivity index (χ4v) is 5.71. The van der Waals surface area contributed by atoms with Gasteiger partial charge in [0.2, 0.25) is 11.8 Å². The average molecular weight is 649 g/mol. The number of phenols is 1. The number of carbonyl (C=O) groups is 3. The van der Waals surface area contributed by atoms with E-state index in [-0.39, 0.29) is 50.2 Å². The van der Waals surface area contributed by atoms with E-state index >= 15 is 0 Å². The molecule has 11 heteroatoms. The monoisotopic (exact) mass is 648 g/mol. The van der Waals surface area contributed by atoms with Crippen LogP contribution < -0.4 is 20.7 Å². The van der Waals surface area contributed by atoms with Gasteiger partial charge < -0.3 is 35.6 Å². The van der Waals surface area contributed by atoms with Gasteiger partial charge in [-0.25, -0.2) is 4.79 Å². The normalized spacial score (nSPS) is 15.9. The number of nitrogens with zero attached hydrogens (tertiary/aromatic N) is 3. The lowest BCUT2D eigenvalue weighted by Crippen LogP contribution is -2.69. The van der Waals surface area contributed by atoms with Crippen LogP contribution >= 0.6 is 0 Å². The van der Waals surface area contributed by atoms with Crippen molar-refractivity contribution in [2.45, 2.75) is 31.7 Å². The molecule has 2 heterocycles. The van der Waals surface area contributed by atoms with Crippen LogP contribution in [0, 0.1) is 0 Å². The van der Waals surface area contributed by atoms with E-state index in [1.807, 2.05) is 66.7 Å². The molecule has 4 aromatic rings. The zero-order chi connectivity index (χ0) is 33.9. The minimum atomic E-state index is -0.943. The summed E-state index contributed by atoms with van der Waals surface area (Å²) < 4.78 is 5.32. The maximum Gasteiger partial charge on any atom is 0.316 e. The number of methoxy groups -OCH3 is 1. The SMILES string of the molecule is C=CCNCC(=O)N1[C@@H](NC(=O)NCc2ccccc2)CN(Cc2cccnc2-c2ccc(OC)cc2)C(=O)[C@@H]1Cc1ccc(O)cc1. The third kappa shape index (κ3) is 8.56. The number of ether oxygens (including phenoxy) is 1. The highest BCUT2D eigenvalue weighted by Crippen LogP contribution is 2.28. The zero-order valence-corrected chi connectivity index (χ0v) is 26.8. The van der Waals surface area contributed by atoms with Crippen LogP contribution in [0.3, 0.4) is 0 Å². The number of piperazine rings is 1. The van der Waals surface area contributed by atoms with Crippen molar-refractivity contribution in [2.75, 3.05) is 26.7 Å². The lowest BCUT2D eigenvalue weighted by molar-refractivity contribution is -0.157. The summed E-state index contributed by atoms with van der Waals surface area (Å²) in [6.45, 7) is 4.57. The zero-order valence-electron chi connectivity index (χ0n) is 26.8. The number of hydrogen-bond acceptors (Lipinski definition) is 7. The Balaban J connectivity index is 1.47. The van der Waals surface area contributed by atoms with Crippen molar-refractivity contribution < 1.29 is 24.2 Å². The Morgan fingerprint density at radius 2 is 1.75 bits per heavy atom. The second-order valence-electron chi connectivity index (χ2n) is 11.4. The number of aromatic hydroxyl groups is 1. The van der Waals surface area contributed by atoms with Crippen molar-refractivity contribution in [2.24, 2.45) is 0 Å². The van der Waals surface area contributed by atoms with Gasteiger partial charge in [0.1, 0.15) is 23.7 Å². The smallest absolute Gasteiger partial charge is 0.316 e. The van der Waals surface area contributed by atoms with Crippen molar-refractivity contribution in [3.63, 3.8) is 0 Å². The van der Waals surface area contributed by atoms with Crippen molar-refractivity contribution in [1.82, 2.24) is 30.7 Å². The first kappa shape index (κ1) is 33.7. The van der Waals surface area contributed by atoms with Crippen LogP contribution in [0.2, 0.25) is 0 Å². The summed E-state index contributed by atoms with van der Waals surface area (Å²) in [6, 6.07) is 25.9. The van der Waals surface area contributed by atoms with Crippen LogP contribution in [0.1, 0.15) is 16.7 Å². The molecule has 0 spiro atoms. The number of urea groups is 1. The van der Waals surface area contributed by atoms with Crippen molar-refractivity contribution >= 4 is 17.8 Å². The number of carbonyl (C=O) groups excluding carboxylic acids is 3. The first-order valence-electron chi connectivity index (χ1n) is 15.7. The van der Waals surface area contributed by atoms with Crippen LogP contribution in [0.5, 0.6) is 11.5 Å². The second kappa shape index (κ2) is 16.2. The van der Waals surface area contributed by atoms with Crippen LogP contribution in [0.4, 0.5) is 4.79 Å². The molecule has 0 aliphatic carbocycles. The van der Waals surface area contributed by atoms with E-state index in [4.69, 9.17) is 4.74 Å². The average Bonchev–Trinajstić information content (AvgIpc) is 3.11.